The molecule has 1 fully saturated rings. The van der Waals surface area contributed by atoms with Crippen LogP contribution >= 0.6 is 0 Å². The van der Waals surface area contributed by atoms with E-state index in [0.717, 1.165) is 12.8 Å². The summed E-state index contributed by atoms with van der Waals surface area (Å²) in [6.45, 7) is 4.46. The SMILES string of the molecule is C[C@@H]1CCC[C@]2(C)CC=CC[C@@]12O. The van der Waals surface area contributed by atoms with E-state index in [9.17, 15) is 5.11 Å². The molecule has 0 unspecified atom stereocenters. The van der Waals surface area contributed by atoms with Gasteiger partial charge in [-0.2, -0.15) is 0 Å². The van der Waals surface area contributed by atoms with Crippen molar-refractivity contribution in [3.05, 3.63) is 12.2 Å². The molecule has 2 rings (SSSR count). The van der Waals surface area contributed by atoms with Gasteiger partial charge >= 0.3 is 0 Å². The van der Waals surface area contributed by atoms with Gasteiger partial charge in [0.05, 0.1) is 5.60 Å². The second kappa shape index (κ2) is 2.84. The van der Waals surface area contributed by atoms with Crippen molar-refractivity contribution in [3.8, 4) is 0 Å². The zero-order chi connectivity index (χ0) is 9.53. The number of aliphatic hydroxyl groups is 1. The van der Waals surface area contributed by atoms with E-state index in [1.165, 1.54) is 19.3 Å². The standard InChI is InChI=1S/C12H20O/c1-10-6-5-8-11(2)7-3-4-9-12(10,11)13/h3-4,10,13H,5-9H2,1-2H3/t10-,11+,12-/m1/s1. The van der Waals surface area contributed by atoms with Gasteiger partial charge in [-0.15, -0.1) is 0 Å². The van der Waals surface area contributed by atoms with Gasteiger partial charge in [0.2, 0.25) is 0 Å². The van der Waals surface area contributed by atoms with Crippen molar-refractivity contribution >= 4 is 0 Å². The maximum absolute atomic E-state index is 10.7. The van der Waals surface area contributed by atoms with E-state index in [1.807, 2.05) is 0 Å². The van der Waals surface area contributed by atoms with Crippen LogP contribution in [0.5, 0.6) is 0 Å². The van der Waals surface area contributed by atoms with E-state index in [2.05, 4.69) is 26.0 Å². The predicted molar refractivity (Wildman–Crippen MR) is 54.4 cm³/mol. The zero-order valence-electron chi connectivity index (χ0n) is 8.71. The molecule has 13 heavy (non-hydrogen) atoms. The summed E-state index contributed by atoms with van der Waals surface area (Å²) in [6, 6.07) is 0. The van der Waals surface area contributed by atoms with E-state index in [1.54, 1.807) is 0 Å². The van der Waals surface area contributed by atoms with Crippen LogP contribution in [0, 0.1) is 11.3 Å². The van der Waals surface area contributed by atoms with Crippen molar-refractivity contribution in [3.63, 3.8) is 0 Å². The lowest BCUT2D eigenvalue weighted by molar-refractivity contribution is -0.141. The largest absolute Gasteiger partial charge is 0.389 e. The molecule has 74 valence electrons. The summed E-state index contributed by atoms with van der Waals surface area (Å²) in [7, 11) is 0. The van der Waals surface area contributed by atoms with Crippen LogP contribution in [0.4, 0.5) is 0 Å². The van der Waals surface area contributed by atoms with Gasteiger partial charge in [-0.05, 0) is 31.6 Å². The van der Waals surface area contributed by atoms with Crippen LogP contribution in [0.1, 0.15) is 46.0 Å². The minimum Gasteiger partial charge on any atom is -0.389 e. The Hall–Kier alpha value is -0.300. The van der Waals surface area contributed by atoms with Crippen molar-refractivity contribution in [2.75, 3.05) is 0 Å². The maximum Gasteiger partial charge on any atom is 0.0763 e. The molecule has 3 atom stereocenters. The van der Waals surface area contributed by atoms with Crippen molar-refractivity contribution in [2.24, 2.45) is 11.3 Å². The zero-order valence-corrected chi connectivity index (χ0v) is 8.71. The van der Waals surface area contributed by atoms with Crippen molar-refractivity contribution < 1.29 is 5.11 Å². The molecule has 0 radical (unpaired) electrons. The van der Waals surface area contributed by atoms with Crippen LogP contribution in [0.25, 0.3) is 0 Å². The first-order valence-corrected chi connectivity index (χ1v) is 5.46. The summed E-state index contributed by atoms with van der Waals surface area (Å²) in [6.07, 6.45) is 10.0. The van der Waals surface area contributed by atoms with Crippen LogP contribution in [-0.4, -0.2) is 10.7 Å². The normalized spacial score (nSPS) is 50.2. The maximum atomic E-state index is 10.7. The molecule has 0 saturated heterocycles. The van der Waals surface area contributed by atoms with Gasteiger partial charge in [0, 0.05) is 5.41 Å². The topological polar surface area (TPSA) is 20.2 Å². The Kier molecular flexibility index (Phi) is 2.03. The Morgan fingerprint density at radius 2 is 2.00 bits per heavy atom. The molecule has 1 N–H and O–H groups in total. The number of allylic oxidation sites excluding steroid dienone is 1. The number of hydrogen-bond acceptors (Lipinski definition) is 1. The highest BCUT2D eigenvalue weighted by Gasteiger charge is 2.51. The van der Waals surface area contributed by atoms with Gasteiger partial charge in [0.1, 0.15) is 0 Å². The van der Waals surface area contributed by atoms with Crippen LogP contribution in [0.3, 0.4) is 0 Å². The van der Waals surface area contributed by atoms with E-state index < -0.39 is 5.60 Å². The molecule has 0 amide bonds. The minimum atomic E-state index is -0.417. The Balaban J connectivity index is 2.34. The molecular weight excluding hydrogens is 160 g/mol. The lowest BCUT2D eigenvalue weighted by Gasteiger charge is -2.53. The van der Waals surface area contributed by atoms with Gasteiger partial charge in [-0.3, -0.25) is 0 Å². The average Bonchev–Trinajstić information content (AvgIpc) is 2.09. The lowest BCUT2D eigenvalue weighted by Crippen LogP contribution is -2.54. The fraction of sp³-hybridized carbons (Fsp3) is 0.833. The molecule has 0 heterocycles. The van der Waals surface area contributed by atoms with Crippen LogP contribution in [0.2, 0.25) is 0 Å². The molecule has 1 saturated carbocycles. The molecule has 0 aromatic heterocycles. The highest BCUT2D eigenvalue weighted by Crippen LogP contribution is 2.53. The third-order valence-electron chi connectivity index (χ3n) is 4.39. The summed E-state index contributed by atoms with van der Waals surface area (Å²) in [5.74, 6) is 0.469. The Morgan fingerprint density at radius 3 is 2.69 bits per heavy atom. The Labute approximate surface area is 80.8 Å². The molecule has 2 aliphatic rings. The average molecular weight is 180 g/mol. The summed E-state index contributed by atoms with van der Waals surface area (Å²) in [4.78, 5) is 0. The third-order valence-corrected chi connectivity index (χ3v) is 4.39. The van der Waals surface area contributed by atoms with E-state index >= 15 is 0 Å². The molecule has 0 aromatic carbocycles. The second-order valence-electron chi connectivity index (χ2n) is 5.16. The van der Waals surface area contributed by atoms with Gasteiger partial charge in [0.15, 0.2) is 0 Å². The monoisotopic (exact) mass is 180 g/mol. The number of rotatable bonds is 0. The van der Waals surface area contributed by atoms with E-state index in [4.69, 9.17) is 0 Å². The van der Waals surface area contributed by atoms with Crippen molar-refractivity contribution in [1.29, 1.82) is 0 Å². The van der Waals surface area contributed by atoms with Crippen LogP contribution in [-0.2, 0) is 0 Å². The van der Waals surface area contributed by atoms with Crippen molar-refractivity contribution in [2.45, 2.75) is 51.6 Å². The first-order chi connectivity index (χ1) is 6.08. The number of hydrogen-bond donors (Lipinski definition) is 1. The molecule has 1 nitrogen and oxygen atoms in total. The fourth-order valence-corrected chi connectivity index (χ4v) is 3.18. The fourth-order valence-electron chi connectivity index (χ4n) is 3.18. The van der Waals surface area contributed by atoms with Crippen LogP contribution in [0.15, 0.2) is 12.2 Å². The smallest absolute Gasteiger partial charge is 0.0763 e. The van der Waals surface area contributed by atoms with Gasteiger partial charge in [0.25, 0.3) is 0 Å². The summed E-state index contributed by atoms with van der Waals surface area (Å²) >= 11 is 0. The Morgan fingerprint density at radius 1 is 1.31 bits per heavy atom. The number of fused-ring (bicyclic) bond motifs is 1. The van der Waals surface area contributed by atoms with E-state index in [0.29, 0.717) is 5.92 Å². The van der Waals surface area contributed by atoms with E-state index in [-0.39, 0.29) is 5.41 Å². The van der Waals surface area contributed by atoms with Gasteiger partial charge in [-0.1, -0.05) is 32.4 Å². The quantitative estimate of drug-likeness (QED) is 0.568. The third kappa shape index (κ3) is 1.17. The second-order valence-corrected chi connectivity index (χ2v) is 5.16. The molecule has 0 bridgehead atoms. The summed E-state index contributed by atoms with van der Waals surface area (Å²) in [5.41, 5.74) is -0.264. The van der Waals surface area contributed by atoms with Crippen molar-refractivity contribution in [1.82, 2.24) is 0 Å². The summed E-state index contributed by atoms with van der Waals surface area (Å²) < 4.78 is 0. The molecular formula is C12H20O. The molecule has 0 spiro atoms. The minimum absolute atomic E-state index is 0.152. The summed E-state index contributed by atoms with van der Waals surface area (Å²) in [5, 5.41) is 10.7. The Bertz CT molecular complexity index is 233. The molecule has 0 aliphatic heterocycles. The van der Waals surface area contributed by atoms with Gasteiger partial charge in [-0.25, -0.2) is 0 Å². The predicted octanol–water partition coefficient (Wildman–Crippen LogP) is 2.89. The van der Waals surface area contributed by atoms with Crippen LogP contribution < -0.4 is 0 Å². The lowest BCUT2D eigenvalue weighted by atomic mass is 9.55. The van der Waals surface area contributed by atoms with Gasteiger partial charge < -0.3 is 5.11 Å². The highest BCUT2D eigenvalue weighted by atomic mass is 16.3. The first kappa shape index (κ1) is 9.26. The molecule has 0 aromatic rings. The first-order valence-electron chi connectivity index (χ1n) is 5.46. The highest BCUT2D eigenvalue weighted by molar-refractivity contribution is 5.12. The molecule has 2 aliphatic carbocycles. The molecule has 1 heteroatoms.